The van der Waals surface area contributed by atoms with Crippen LogP contribution in [0.15, 0.2) is 42.5 Å². The Morgan fingerprint density at radius 1 is 0.963 bits per heavy atom. The molecule has 0 bridgehead atoms. The Labute approximate surface area is 160 Å². The number of rotatable bonds is 10. The molecule has 2 aromatic carbocycles. The van der Waals surface area contributed by atoms with Gasteiger partial charge in [-0.05, 0) is 49.2 Å². The first kappa shape index (κ1) is 20.1. The standard InChI is InChI=1S/C21H25N3O3/c1-3-11-26-19-10-9-18(13-20(19)27-12-4-2)24-21(25)15-23-17-7-5-16(14-22)6-8-17/h5-10,13,23H,3-4,11-12,15H2,1-2H3,(H,24,25). The van der Waals surface area contributed by atoms with Crippen LogP contribution in [0.4, 0.5) is 11.4 Å². The minimum Gasteiger partial charge on any atom is -0.490 e. The van der Waals surface area contributed by atoms with Gasteiger partial charge in [0.1, 0.15) is 0 Å². The molecule has 1 amide bonds. The van der Waals surface area contributed by atoms with Gasteiger partial charge in [0, 0.05) is 17.4 Å². The van der Waals surface area contributed by atoms with Gasteiger partial charge in [-0.1, -0.05) is 13.8 Å². The molecule has 0 aliphatic rings. The van der Waals surface area contributed by atoms with E-state index in [2.05, 4.69) is 16.7 Å². The Kier molecular flexibility index (Phi) is 7.98. The molecule has 0 aliphatic heterocycles. The van der Waals surface area contributed by atoms with E-state index in [-0.39, 0.29) is 12.5 Å². The SMILES string of the molecule is CCCOc1ccc(NC(=O)CNc2ccc(C#N)cc2)cc1OCCC. The van der Waals surface area contributed by atoms with Gasteiger partial charge in [0.2, 0.25) is 5.91 Å². The van der Waals surface area contributed by atoms with E-state index >= 15 is 0 Å². The predicted octanol–water partition coefficient (Wildman–Crippen LogP) is 4.19. The zero-order chi connectivity index (χ0) is 19.5. The van der Waals surface area contributed by atoms with E-state index in [1.807, 2.05) is 19.9 Å². The zero-order valence-corrected chi connectivity index (χ0v) is 15.7. The van der Waals surface area contributed by atoms with Crippen LogP contribution in [0, 0.1) is 11.3 Å². The molecule has 2 rings (SSSR count). The third-order valence-electron chi connectivity index (χ3n) is 3.62. The Hall–Kier alpha value is -3.20. The molecule has 0 atom stereocenters. The molecule has 0 spiro atoms. The third-order valence-corrected chi connectivity index (χ3v) is 3.62. The van der Waals surface area contributed by atoms with Crippen LogP contribution in [0.2, 0.25) is 0 Å². The van der Waals surface area contributed by atoms with Gasteiger partial charge in [0.25, 0.3) is 0 Å². The lowest BCUT2D eigenvalue weighted by Gasteiger charge is -2.14. The van der Waals surface area contributed by atoms with Crippen molar-refractivity contribution in [3.05, 3.63) is 48.0 Å². The molecule has 142 valence electrons. The molecule has 0 saturated carbocycles. The Morgan fingerprint density at radius 3 is 2.22 bits per heavy atom. The van der Waals surface area contributed by atoms with Crippen molar-refractivity contribution in [2.24, 2.45) is 0 Å². The lowest BCUT2D eigenvalue weighted by Crippen LogP contribution is -2.21. The van der Waals surface area contributed by atoms with E-state index in [0.717, 1.165) is 18.5 Å². The first-order valence-electron chi connectivity index (χ1n) is 9.09. The van der Waals surface area contributed by atoms with Gasteiger partial charge in [0.05, 0.1) is 31.4 Å². The van der Waals surface area contributed by atoms with Crippen molar-refractivity contribution in [1.29, 1.82) is 5.26 Å². The van der Waals surface area contributed by atoms with Gasteiger partial charge in [-0.15, -0.1) is 0 Å². The van der Waals surface area contributed by atoms with Gasteiger partial charge < -0.3 is 20.1 Å². The molecule has 0 unspecified atom stereocenters. The van der Waals surface area contributed by atoms with Crippen molar-refractivity contribution in [3.8, 4) is 17.6 Å². The smallest absolute Gasteiger partial charge is 0.243 e. The molecule has 27 heavy (non-hydrogen) atoms. The largest absolute Gasteiger partial charge is 0.490 e. The molecule has 2 N–H and O–H groups in total. The molecule has 0 fully saturated rings. The van der Waals surface area contributed by atoms with Crippen molar-refractivity contribution < 1.29 is 14.3 Å². The summed E-state index contributed by atoms with van der Waals surface area (Å²) in [5.74, 6) is 1.13. The number of hydrogen-bond acceptors (Lipinski definition) is 5. The fourth-order valence-corrected chi connectivity index (χ4v) is 2.29. The summed E-state index contributed by atoms with van der Waals surface area (Å²) in [5, 5.41) is 14.7. The number of carbonyl (C=O) groups is 1. The highest BCUT2D eigenvalue weighted by atomic mass is 16.5. The number of hydrogen-bond donors (Lipinski definition) is 2. The second-order valence-corrected chi connectivity index (χ2v) is 5.95. The maximum atomic E-state index is 12.2. The van der Waals surface area contributed by atoms with Crippen molar-refractivity contribution in [2.75, 3.05) is 30.4 Å². The van der Waals surface area contributed by atoms with E-state index in [1.165, 1.54) is 0 Å². The number of benzene rings is 2. The molecule has 0 aromatic heterocycles. The molecule has 6 nitrogen and oxygen atoms in total. The summed E-state index contributed by atoms with van der Waals surface area (Å²) < 4.78 is 11.4. The normalized spacial score (nSPS) is 9.96. The Balaban J connectivity index is 1.95. The van der Waals surface area contributed by atoms with Crippen molar-refractivity contribution in [3.63, 3.8) is 0 Å². The quantitative estimate of drug-likeness (QED) is 0.658. The summed E-state index contributed by atoms with van der Waals surface area (Å²) >= 11 is 0. The van der Waals surface area contributed by atoms with Gasteiger partial charge in [0.15, 0.2) is 11.5 Å². The average Bonchev–Trinajstić information content (AvgIpc) is 2.70. The molecular weight excluding hydrogens is 342 g/mol. The lowest BCUT2D eigenvalue weighted by molar-refractivity contribution is -0.114. The number of nitriles is 1. The number of nitrogens with zero attached hydrogens (tertiary/aromatic N) is 1. The summed E-state index contributed by atoms with van der Waals surface area (Å²) in [6.45, 7) is 5.39. The summed E-state index contributed by atoms with van der Waals surface area (Å²) in [6, 6.07) is 14.4. The van der Waals surface area contributed by atoms with Crippen molar-refractivity contribution >= 4 is 17.3 Å². The number of amides is 1. The molecule has 0 radical (unpaired) electrons. The summed E-state index contributed by atoms with van der Waals surface area (Å²) in [4.78, 5) is 12.2. The van der Waals surface area contributed by atoms with Crippen LogP contribution in [0.3, 0.4) is 0 Å². The lowest BCUT2D eigenvalue weighted by atomic mass is 10.2. The average molecular weight is 367 g/mol. The van der Waals surface area contributed by atoms with E-state index in [1.54, 1.807) is 36.4 Å². The van der Waals surface area contributed by atoms with E-state index < -0.39 is 0 Å². The Morgan fingerprint density at radius 2 is 1.59 bits per heavy atom. The van der Waals surface area contributed by atoms with Gasteiger partial charge in [-0.25, -0.2) is 0 Å². The fraction of sp³-hybridized carbons (Fsp3) is 0.333. The van der Waals surface area contributed by atoms with Crippen LogP contribution in [-0.4, -0.2) is 25.7 Å². The number of carbonyl (C=O) groups excluding carboxylic acids is 1. The van der Waals surface area contributed by atoms with Crippen LogP contribution < -0.4 is 20.1 Å². The molecular formula is C21H25N3O3. The van der Waals surface area contributed by atoms with Crippen molar-refractivity contribution in [2.45, 2.75) is 26.7 Å². The summed E-state index contributed by atoms with van der Waals surface area (Å²) in [7, 11) is 0. The van der Waals surface area contributed by atoms with Crippen LogP contribution in [0.25, 0.3) is 0 Å². The topological polar surface area (TPSA) is 83.4 Å². The Bertz CT molecular complexity index is 782. The maximum Gasteiger partial charge on any atom is 0.243 e. The van der Waals surface area contributed by atoms with Crippen LogP contribution >= 0.6 is 0 Å². The van der Waals surface area contributed by atoms with Crippen molar-refractivity contribution in [1.82, 2.24) is 0 Å². The van der Waals surface area contributed by atoms with Gasteiger partial charge in [-0.2, -0.15) is 5.26 Å². The second kappa shape index (κ2) is 10.7. The first-order valence-corrected chi connectivity index (χ1v) is 9.09. The highest BCUT2D eigenvalue weighted by Gasteiger charge is 2.09. The minimum atomic E-state index is -0.178. The molecule has 0 heterocycles. The van der Waals surface area contributed by atoms with Crippen LogP contribution in [0.1, 0.15) is 32.3 Å². The van der Waals surface area contributed by atoms with Gasteiger partial charge >= 0.3 is 0 Å². The highest BCUT2D eigenvalue weighted by Crippen LogP contribution is 2.31. The van der Waals surface area contributed by atoms with E-state index in [9.17, 15) is 4.79 Å². The number of ether oxygens (including phenoxy) is 2. The summed E-state index contributed by atoms with van der Waals surface area (Å²) in [5.41, 5.74) is 2.01. The van der Waals surface area contributed by atoms with Crippen LogP contribution in [-0.2, 0) is 4.79 Å². The molecule has 6 heteroatoms. The predicted molar refractivity (Wildman–Crippen MR) is 106 cm³/mol. The highest BCUT2D eigenvalue weighted by molar-refractivity contribution is 5.94. The maximum absolute atomic E-state index is 12.2. The molecule has 0 aliphatic carbocycles. The number of nitrogens with one attached hydrogen (secondary N) is 2. The number of anilines is 2. The van der Waals surface area contributed by atoms with Crippen LogP contribution in [0.5, 0.6) is 11.5 Å². The minimum absolute atomic E-state index is 0.116. The third kappa shape index (κ3) is 6.55. The first-order chi connectivity index (χ1) is 13.2. The van der Waals surface area contributed by atoms with Gasteiger partial charge in [-0.3, -0.25) is 4.79 Å². The van der Waals surface area contributed by atoms with E-state index in [0.29, 0.717) is 36.0 Å². The molecule has 2 aromatic rings. The second-order valence-electron chi connectivity index (χ2n) is 5.95. The zero-order valence-electron chi connectivity index (χ0n) is 15.7. The monoisotopic (exact) mass is 367 g/mol. The molecule has 0 saturated heterocycles. The van der Waals surface area contributed by atoms with E-state index in [4.69, 9.17) is 14.7 Å². The fourth-order valence-electron chi connectivity index (χ4n) is 2.29. The summed E-state index contributed by atoms with van der Waals surface area (Å²) in [6.07, 6.45) is 1.80.